The van der Waals surface area contributed by atoms with Crippen LogP contribution in [0.25, 0.3) is 5.57 Å². The van der Waals surface area contributed by atoms with Crippen LogP contribution in [0.3, 0.4) is 0 Å². The van der Waals surface area contributed by atoms with Crippen molar-refractivity contribution in [2.75, 3.05) is 30.6 Å². The lowest BCUT2D eigenvalue weighted by Crippen LogP contribution is -2.33. The predicted molar refractivity (Wildman–Crippen MR) is 118 cm³/mol. The lowest BCUT2D eigenvalue weighted by Gasteiger charge is -2.15. The van der Waals surface area contributed by atoms with E-state index in [4.69, 9.17) is 21.7 Å². The first-order chi connectivity index (χ1) is 14.5. The average molecular weight is 441 g/mol. The van der Waals surface area contributed by atoms with Gasteiger partial charge in [0.05, 0.1) is 36.1 Å². The summed E-state index contributed by atoms with van der Waals surface area (Å²) >= 11 is 6.50. The molecule has 0 atom stereocenters. The number of esters is 1. The largest absolute Gasteiger partial charge is 0.497 e. The quantitative estimate of drug-likeness (QED) is 0.411. The number of fused-ring (bicyclic) bond motifs is 1. The second-order valence-electron chi connectivity index (χ2n) is 6.40. The van der Waals surface area contributed by atoms with E-state index in [2.05, 4.69) is 0 Å². The molecular formula is C21H16N2O5S2. The van der Waals surface area contributed by atoms with Crippen molar-refractivity contribution >= 4 is 63.0 Å². The summed E-state index contributed by atoms with van der Waals surface area (Å²) in [5.74, 6) is -0.712. The minimum Gasteiger partial charge on any atom is -0.497 e. The third-order valence-electron chi connectivity index (χ3n) is 4.77. The van der Waals surface area contributed by atoms with Gasteiger partial charge in [0.25, 0.3) is 11.8 Å². The van der Waals surface area contributed by atoms with Gasteiger partial charge in [-0.25, -0.2) is 0 Å². The normalized spacial score (nSPS) is 18.1. The number of benzene rings is 2. The molecule has 30 heavy (non-hydrogen) atoms. The number of methoxy groups -OCH3 is 2. The molecule has 0 N–H and O–H groups in total. The summed E-state index contributed by atoms with van der Waals surface area (Å²) in [6.45, 7) is -0.241. The van der Waals surface area contributed by atoms with Crippen molar-refractivity contribution in [3.05, 3.63) is 59.0 Å². The molecule has 2 heterocycles. The predicted octanol–water partition coefficient (Wildman–Crippen LogP) is 2.99. The van der Waals surface area contributed by atoms with Gasteiger partial charge in [-0.05, 0) is 30.3 Å². The van der Waals surface area contributed by atoms with Crippen LogP contribution in [0.1, 0.15) is 5.56 Å². The Hall–Kier alpha value is -3.17. The summed E-state index contributed by atoms with van der Waals surface area (Å²) in [5.41, 5.74) is 1.96. The fourth-order valence-corrected chi connectivity index (χ4v) is 4.69. The zero-order valence-electron chi connectivity index (χ0n) is 16.1. The molecule has 0 saturated carbocycles. The maximum atomic E-state index is 13.3. The molecule has 2 aromatic carbocycles. The number of carbonyl (C=O) groups excluding carboxylic acids is 3. The second kappa shape index (κ2) is 7.92. The third kappa shape index (κ3) is 3.25. The Morgan fingerprint density at radius 1 is 1.03 bits per heavy atom. The number of carbonyl (C=O) groups is 3. The number of thioether (sulfide) groups is 1. The highest BCUT2D eigenvalue weighted by molar-refractivity contribution is 8.27. The van der Waals surface area contributed by atoms with Crippen molar-refractivity contribution in [1.82, 2.24) is 0 Å². The number of amides is 2. The molecule has 7 nitrogen and oxygen atoms in total. The van der Waals surface area contributed by atoms with Gasteiger partial charge in [-0.15, -0.1) is 0 Å². The van der Waals surface area contributed by atoms with Gasteiger partial charge in [0.15, 0.2) is 4.32 Å². The smallest absolute Gasteiger partial charge is 0.325 e. The van der Waals surface area contributed by atoms with E-state index in [-0.39, 0.29) is 22.9 Å². The van der Waals surface area contributed by atoms with Crippen LogP contribution >= 0.6 is 24.0 Å². The Bertz CT molecular complexity index is 1110. The van der Waals surface area contributed by atoms with Gasteiger partial charge in [-0.3, -0.25) is 24.2 Å². The van der Waals surface area contributed by atoms with Crippen LogP contribution in [-0.4, -0.2) is 42.9 Å². The van der Waals surface area contributed by atoms with Crippen LogP contribution < -0.4 is 14.5 Å². The number of hydrogen-bond donors (Lipinski definition) is 0. The molecule has 0 unspecified atom stereocenters. The number of thiocarbonyl (C=S) groups is 1. The van der Waals surface area contributed by atoms with Crippen molar-refractivity contribution in [3.63, 3.8) is 0 Å². The Labute approximate surface area is 182 Å². The first-order valence-corrected chi connectivity index (χ1v) is 10.1. The molecule has 4 rings (SSSR count). The summed E-state index contributed by atoms with van der Waals surface area (Å²) in [6.07, 6.45) is 0. The van der Waals surface area contributed by atoms with E-state index in [0.29, 0.717) is 27.0 Å². The fourth-order valence-electron chi connectivity index (χ4n) is 3.32. The minimum absolute atomic E-state index is 0.237. The van der Waals surface area contributed by atoms with Gasteiger partial charge >= 0.3 is 5.97 Å². The number of anilines is 2. The second-order valence-corrected chi connectivity index (χ2v) is 8.04. The molecule has 2 aliphatic heterocycles. The van der Waals surface area contributed by atoms with E-state index in [9.17, 15) is 14.4 Å². The molecule has 152 valence electrons. The lowest BCUT2D eigenvalue weighted by atomic mass is 10.1. The van der Waals surface area contributed by atoms with Crippen LogP contribution in [0.15, 0.2) is 53.4 Å². The molecule has 0 radical (unpaired) electrons. The van der Waals surface area contributed by atoms with Gasteiger partial charge in [-0.1, -0.05) is 42.2 Å². The highest BCUT2D eigenvalue weighted by Crippen LogP contribution is 2.45. The Kier molecular flexibility index (Phi) is 5.31. The standard InChI is InChI=1S/C21H16N2O5S2/c1-27-13-9-7-12(8-10-13)23-20(26)18(30-21(23)29)17-14-5-3-4-6-15(14)22(19(17)25)11-16(24)28-2/h3-10H,11H2,1-2H3. The zero-order chi connectivity index (χ0) is 21.4. The molecule has 9 heteroatoms. The van der Waals surface area contributed by atoms with Crippen LogP contribution in [-0.2, 0) is 19.1 Å². The average Bonchev–Trinajstić information content (AvgIpc) is 3.20. The highest BCUT2D eigenvalue weighted by Gasteiger charge is 2.43. The highest BCUT2D eigenvalue weighted by atomic mass is 32.2. The van der Waals surface area contributed by atoms with Crippen molar-refractivity contribution in [2.24, 2.45) is 0 Å². The van der Waals surface area contributed by atoms with Crippen molar-refractivity contribution in [3.8, 4) is 5.75 Å². The Balaban J connectivity index is 1.77. The SMILES string of the molecule is COC(=O)CN1C(=O)C(=C2SC(=S)N(c3ccc(OC)cc3)C2=O)c2ccccc21. The molecule has 2 amide bonds. The van der Waals surface area contributed by atoms with Gasteiger partial charge in [-0.2, -0.15) is 0 Å². The summed E-state index contributed by atoms with van der Waals surface area (Å²) in [5, 5.41) is 0. The van der Waals surface area contributed by atoms with Crippen LogP contribution in [0, 0.1) is 0 Å². The number of ether oxygens (including phenoxy) is 2. The molecular weight excluding hydrogens is 424 g/mol. The fraction of sp³-hybridized carbons (Fsp3) is 0.143. The van der Waals surface area contributed by atoms with E-state index in [1.165, 1.54) is 16.9 Å². The maximum absolute atomic E-state index is 13.3. The first-order valence-electron chi connectivity index (χ1n) is 8.89. The molecule has 0 aliphatic carbocycles. The Morgan fingerprint density at radius 2 is 1.73 bits per heavy atom. The summed E-state index contributed by atoms with van der Waals surface area (Å²) < 4.78 is 10.2. The van der Waals surface area contributed by atoms with E-state index >= 15 is 0 Å². The van der Waals surface area contributed by atoms with Crippen LogP contribution in [0.4, 0.5) is 11.4 Å². The van der Waals surface area contributed by atoms with Crippen molar-refractivity contribution < 1.29 is 23.9 Å². The number of nitrogens with zero attached hydrogens (tertiary/aromatic N) is 2. The van der Waals surface area contributed by atoms with Gasteiger partial charge in [0.2, 0.25) is 0 Å². The monoisotopic (exact) mass is 440 g/mol. The van der Waals surface area contributed by atoms with Gasteiger partial charge in [0, 0.05) is 5.56 Å². The van der Waals surface area contributed by atoms with E-state index in [1.807, 2.05) is 0 Å². The molecule has 2 aliphatic rings. The van der Waals surface area contributed by atoms with Gasteiger partial charge in [0.1, 0.15) is 12.3 Å². The number of para-hydroxylation sites is 1. The van der Waals surface area contributed by atoms with E-state index in [1.54, 1.807) is 55.6 Å². The van der Waals surface area contributed by atoms with Crippen molar-refractivity contribution in [2.45, 2.75) is 0 Å². The summed E-state index contributed by atoms with van der Waals surface area (Å²) in [7, 11) is 2.82. The topological polar surface area (TPSA) is 76.2 Å². The number of hydrogen-bond acceptors (Lipinski definition) is 7. The summed E-state index contributed by atoms with van der Waals surface area (Å²) in [4.78, 5) is 41.2. The third-order valence-corrected chi connectivity index (χ3v) is 6.14. The lowest BCUT2D eigenvalue weighted by molar-refractivity contribution is -0.139. The molecule has 1 saturated heterocycles. The van der Waals surface area contributed by atoms with Gasteiger partial charge < -0.3 is 9.47 Å². The number of rotatable bonds is 4. The molecule has 1 fully saturated rings. The van der Waals surface area contributed by atoms with Crippen LogP contribution in [0.2, 0.25) is 0 Å². The molecule has 0 aromatic heterocycles. The molecule has 2 aromatic rings. The van der Waals surface area contributed by atoms with Crippen molar-refractivity contribution in [1.29, 1.82) is 0 Å². The zero-order valence-corrected chi connectivity index (χ0v) is 17.7. The molecule has 0 spiro atoms. The van der Waals surface area contributed by atoms with E-state index in [0.717, 1.165) is 11.8 Å². The maximum Gasteiger partial charge on any atom is 0.325 e. The van der Waals surface area contributed by atoms with E-state index < -0.39 is 11.9 Å². The molecule has 0 bridgehead atoms. The summed E-state index contributed by atoms with van der Waals surface area (Å²) in [6, 6.07) is 13.9. The Morgan fingerprint density at radius 3 is 2.40 bits per heavy atom. The minimum atomic E-state index is -0.551. The first kappa shape index (κ1) is 20.1. The van der Waals surface area contributed by atoms with Crippen LogP contribution in [0.5, 0.6) is 5.75 Å².